The minimum absolute atomic E-state index is 0.00875. The highest BCUT2D eigenvalue weighted by atomic mass is 16.5. The molecule has 156 valence electrons. The number of aromatic amines is 1. The second-order valence-electron chi connectivity index (χ2n) is 8.14. The van der Waals surface area contributed by atoms with Crippen LogP contribution in [0, 0.1) is 6.92 Å². The first-order valence-corrected chi connectivity index (χ1v) is 10.3. The number of H-pyrrole nitrogens is 1. The quantitative estimate of drug-likeness (QED) is 0.602. The fourth-order valence-corrected chi connectivity index (χ4v) is 4.45. The summed E-state index contributed by atoms with van der Waals surface area (Å²) in [6, 6.07) is 8.65. The van der Waals surface area contributed by atoms with E-state index >= 15 is 0 Å². The monoisotopic (exact) mass is 407 g/mol. The molecule has 0 atom stereocenters. The third kappa shape index (κ3) is 3.32. The van der Waals surface area contributed by atoms with E-state index in [1.165, 1.54) is 0 Å². The van der Waals surface area contributed by atoms with Gasteiger partial charge < -0.3 is 20.1 Å². The summed E-state index contributed by atoms with van der Waals surface area (Å²) >= 11 is 0. The number of piperidine rings is 1. The lowest BCUT2D eigenvalue weighted by molar-refractivity contribution is -0.0954. The molecule has 3 aromatic rings. The van der Waals surface area contributed by atoms with E-state index in [-0.39, 0.29) is 17.3 Å². The first-order valence-electron chi connectivity index (χ1n) is 10.3. The average molecular weight is 407 g/mol. The second kappa shape index (κ2) is 7.37. The number of nitrogens with zero attached hydrogens (tertiary/aromatic N) is 3. The van der Waals surface area contributed by atoms with Gasteiger partial charge in [-0.1, -0.05) is 0 Å². The molecule has 0 unspecified atom stereocenters. The van der Waals surface area contributed by atoms with Crippen molar-refractivity contribution in [1.82, 2.24) is 25.4 Å². The maximum atomic E-state index is 13.5. The number of benzene rings is 1. The highest BCUT2D eigenvalue weighted by molar-refractivity contribution is 6.07. The van der Waals surface area contributed by atoms with E-state index in [4.69, 9.17) is 4.74 Å². The number of aromatic hydroxyl groups is 1. The van der Waals surface area contributed by atoms with Crippen LogP contribution in [0.4, 0.5) is 0 Å². The molecule has 1 amide bonds. The zero-order valence-electron chi connectivity index (χ0n) is 16.9. The number of aryl methyl sites for hydroxylation is 1. The van der Waals surface area contributed by atoms with Gasteiger partial charge in [0.25, 0.3) is 5.91 Å². The topological polar surface area (TPSA) is 103 Å². The van der Waals surface area contributed by atoms with Crippen molar-refractivity contribution in [1.29, 1.82) is 0 Å². The van der Waals surface area contributed by atoms with Crippen LogP contribution >= 0.6 is 0 Å². The van der Waals surface area contributed by atoms with Crippen molar-refractivity contribution in [3.63, 3.8) is 0 Å². The number of rotatable bonds is 2. The van der Waals surface area contributed by atoms with Crippen molar-refractivity contribution in [2.75, 3.05) is 32.8 Å². The number of likely N-dealkylation sites (tertiary alicyclic amines) is 1. The Labute approximate surface area is 174 Å². The number of hydrogen-bond donors (Lipinski definition) is 3. The molecule has 1 spiro atoms. The largest absolute Gasteiger partial charge is 0.508 e. The van der Waals surface area contributed by atoms with Crippen molar-refractivity contribution >= 4 is 16.9 Å². The number of carbonyl (C=O) groups is 1. The molecule has 0 bridgehead atoms. The lowest BCUT2D eigenvalue weighted by atomic mass is 9.89. The predicted molar refractivity (Wildman–Crippen MR) is 112 cm³/mol. The minimum atomic E-state index is -0.147. The third-order valence-corrected chi connectivity index (χ3v) is 6.20. The maximum absolute atomic E-state index is 13.5. The Hall–Kier alpha value is -2.97. The summed E-state index contributed by atoms with van der Waals surface area (Å²) in [6.45, 7) is 5.67. The molecule has 5 rings (SSSR count). The summed E-state index contributed by atoms with van der Waals surface area (Å²) in [5.74, 6) is 0.181. The molecule has 8 nitrogen and oxygen atoms in total. The van der Waals surface area contributed by atoms with E-state index in [0.29, 0.717) is 30.0 Å². The summed E-state index contributed by atoms with van der Waals surface area (Å²) in [4.78, 5) is 20.1. The molecule has 2 aliphatic heterocycles. The standard InChI is InChI=1S/C22H25N5O3/c1-14-19-17(21(29)27-9-6-22(7-10-27)13-23-8-11-30-22)12-18(24-20(19)26-25-14)15-2-4-16(28)5-3-15/h2-5,12,23,28H,6-11,13H2,1H3,(H,24,25,26). The van der Waals surface area contributed by atoms with Gasteiger partial charge >= 0.3 is 0 Å². The predicted octanol–water partition coefficient (Wildman–Crippen LogP) is 2.23. The summed E-state index contributed by atoms with van der Waals surface area (Å²) in [6.07, 6.45) is 1.66. The highest BCUT2D eigenvalue weighted by Gasteiger charge is 2.38. The van der Waals surface area contributed by atoms with Gasteiger partial charge in [-0.3, -0.25) is 9.89 Å². The normalized spacial score (nSPS) is 18.8. The first kappa shape index (κ1) is 19.0. The number of phenols is 1. The van der Waals surface area contributed by atoms with Gasteiger partial charge in [0.15, 0.2) is 5.65 Å². The molecular formula is C22H25N5O3. The Morgan fingerprint density at radius 3 is 2.70 bits per heavy atom. The number of ether oxygens (including phenoxy) is 1. The number of phenolic OH excluding ortho intramolecular Hbond substituents is 1. The van der Waals surface area contributed by atoms with Crippen molar-refractivity contribution in [2.24, 2.45) is 0 Å². The van der Waals surface area contributed by atoms with Gasteiger partial charge in [0.2, 0.25) is 0 Å². The molecule has 1 aromatic carbocycles. The number of hydrogen-bond acceptors (Lipinski definition) is 6. The molecule has 30 heavy (non-hydrogen) atoms. The molecule has 8 heteroatoms. The minimum Gasteiger partial charge on any atom is -0.508 e. The Kier molecular flexibility index (Phi) is 4.67. The average Bonchev–Trinajstić information content (AvgIpc) is 3.15. The molecule has 0 aliphatic carbocycles. The molecule has 0 radical (unpaired) electrons. The Morgan fingerprint density at radius 2 is 2.00 bits per heavy atom. The fraction of sp³-hybridized carbons (Fsp3) is 0.409. The van der Waals surface area contributed by atoms with E-state index < -0.39 is 0 Å². The van der Waals surface area contributed by atoms with Crippen LogP contribution in [-0.2, 0) is 4.74 Å². The first-order chi connectivity index (χ1) is 14.5. The van der Waals surface area contributed by atoms with Gasteiger partial charge in [0, 0.05) is 31.7 Å². The SMILES string of the molecule is Cc1n[nH]c2nc(-c3ccc(O)cc3)cc(C(=O)N3CCC4(CC3)CNCCO4)c12. The van der Waals surface area contributed by atoms with E-state index in [9.17, 15) is 9.90 Å². The highest BCUT2D eigenvalue weighted by Crippen LogP contribution is 2.31. The fourth-order valence-electron chi connectivity index (χ4n) is 4.45. The number of nitrogens with one attached hydrogen (secondary N) is 2. The van der Waals surface area contributed by atoms with Gasteiger partial charge in [-0.2, -0.15) is 5.10 Å². The molecule has 0 saturated carbocycles. The van der Waals surface area contributed by atoms with Gasteiger partial charge in [-0.15, -0.1) is 0 Å². The molecule has 3 N–H and O–H groups in total. The molecule has 2 aliphatic rings. The van der Waals surface area contributed by atoms with Crippen LogP contribution in [0.25, 0.3) is 22.3 Å². The van der Waals surface area contributed by atoms with Crippen molar-refractivity contribution in [2.45, 2.75) is 25.4 Å². The van der Waals surface area contributed by atoms with E-state index in [2.05, 4.69) is 20.5 Å². The number of carbonyl (C=O) groups excluding carboxylic acids is 1. The number of pyridine rings is 1. The van der Waals surface area contributed by atoms with Gasteiger partial charge in [0.1, 0.15) is 5.75 Å². The Balaban J connectivity index is 1.47. The maximum Gasteiger partial charge on any atom is 0.254 e. The summed E-state index contributed by atoms with van der Waals surface area (Å²) in [5, 5.41) is 21.0. The van der Waals surface area contributed by atoms with Gasteiger partial charge in [-0.05, 0) is 50.1 Å². The van der Waals surface area contributed by atoms with Crippen LogP contribution in [-0.4, -0.2) is 69.5 Å². The van der Waals surface area contributed by atoms with Crippen LogP contribution in [0.5, 0.6) is 5.75 Å². The Morgan fingerprint density at radius 1 is 1.23 bits per heavy atom. The number of aromatic nitrogens is 3. The van der Waals surface area contributed by atoms with E-state index in [0.717, 1.165) is 49.2 Å². The molecule has 2 aromatic heterocycles. The molecular weight excluding hydrogens is 382 g/mol. The van der Waals surface area contributed by atoms with Crippen LogP contribution < -0.4 is 5.32 Å². The lowest BCUT2D eigenvalue weighted by Gasteiger charge is -2.44. The van der Waals surface area contributed by atoms with Crippen molar-refractivity contribution in [3.8, 4) is 17.0 Å². The van der Waals surface area contributed by atoms with Crippen LogP contribution in [0.1, 0.15) is 28.9 Å². The van der Waals surface area contributed by atoms with Crippen molar-refractivity contribution in [3.05, 3.63) is 41.6 Å². The second-order valence-corrected chi connectivity index (χ2v) is 8.14. The lowest BCUT2D eigenvalue weighted by Crippen LogP contribution is -2.56. The zero-order valence-corrected chi connectivity index (χ0v) is 16.9. The third-order valence-electron chi connectivity index (χ3n) is 6.20. The van der Waals surface area contributed by atoms with Crippen LogP contribution in [0.15, 0.2) is 30.3 Å². The summed E-state index contributed by atoms with van der Waals surface area (Å²) < 4.78 is 6.06. The summed E-state index contributed by atoms with van der Waals surface area (Å²) in [7, 11) is 0. The molecule has 2 fully saturated rings. The smallest absolute Gasteiger partial charge is 0.254 e. The van der Waals surface area contributed by atoms with Gasteiger partial charge in [-0.25, -0.2) is 4.98 Å². The van der Waals surface area contributed by atoms with Gasteiger partial charge in [0.05, 0.1) is 34.5 Å². The van der Waals surface area contributed by atoms with E-state index in [1.54, 1.807) is 24.3 Å². The van der Waals surface area contributed by atoms with Crippen molar-refractivity contribution < 1.29 is 14.6 Å². The summed E-state index contributed by atoms with van der Waals surface area (Å²) in [5.41, 5.74) is 3.30. The number of fused-ring (bicyclic) bond motifs is 1. The molecule has 4 heterocycles. The number of amides is 1. The Bertz CT molecular complexity index is 1080. The molecule has 2 saturated heterocycles. The number of morpholine rings is 1. The van der Waals surface area contributed by atoms with Crippen LogP contribution in [0.2, 0.25) is 0 Å². The zero-order chi connectivity index (χ0) is 20.7. The van der Waals surface area contributed by atoms with E-state index in [1.807, 2.05) is 17.9 Å². The van der Waals surface area contributed by atoms with Crippen LogP contribution in [0.3, 0.4) is 0 Å².